The van der Waals surface area contributed by atoms with Crippen molar-refractivity contribution in [2.75, 3.05) is 6.54 Å². The Labute approximate surface area is 126 Å². The number of carbonyl (C=O) groups excluding carboxylic acids is 1. The fourth-order valence-electron chi connectivity index (χ4n) is 1.50. The number of carbonyl (C=O) groups is 1. The molecule has 5 nitrogen and oxygen atoms in total. The number of nitrogens with one attached hydrogen (secondary N) is 1. The van der Waals surface area contributed by atoms with Gasteiger partial charge in [-0.1, -0.05) is 12.1 Å². The number of rotatable bonds is 4. The van der Waals surface area contributed by atoms with Gasteiger partial charge in [0.1, 0.15) is 11.4 Å². The van der Waals surface area contributed by atoms with Crippen molar-refractivity contribution >= 4 is 6.09 Å². The highest BCUT2D eigenvalue weighted by molar-refractivity contribution is 5.67. The quantitative estimate of drug-likeness (QED) is 0.894. The molecule has 1 aromatic rings. The Morgan fingerprint density at radius 1 is 1.23 bits per heavy atom. The summed E-state index contributed by atoms with van der Waals surface area (Å²) in [7, 11) is 0. The maximum Gasteiger partial charge on any atom is 0.573 e. The van der Waals surface area contributed by atoms with Crippen LogP contribution in [0.15, 0.2) is 24.3 Å². The fraction of sp³-hybridized carbons (Fsp3) is 0.500. The SMILES string of the molecule is CC(C)(C)OC(=O)NC[C@H](O)c1ccc(OC(F)(F)F)cc1. The molecule has 0 saturated heterocycles. The van der Waals surface area contributed by atoms with Crippen molar-refractivity contribution in [3.05, 3.63) is 29.8 Å². The lowest BCUT2D eigenvalue weighted by atomic mass is 10.1. The zero-order valence-electron chi connectivity index (χ0n) is 12.4. The van der Waals surface area contributed by atoms with Crippen molar-refractivity contribution in [2.45, 2.75) is 38.8 Å². The van der Waals surface area contributed by atoms with E-state index < -0.39 is 24.2 Å². The molecule has 2 N–H and O–H groups in total. The van der Waals surface area contributed by atoms with Crippen LogP contribution >= 0.6 is 0 Å². The number of alkyl carbamates (subject to hydrolysis) is 1. The summed E-state index contributed by atoms with van der Waals surface area (Å²) < 4.78 is 44.7. The molecule has 0 aromatic heterocycles. The topological polar surface area (TPSA) is 67.8 Å². The Morgan fingerprint density at radius 3 is 2.23 bits per heavy atom. The van der Waals surface area contributed by atoms with E-state index in [9.17, 15) is 23.1 Å². The van der Waals surface area contributed by atoms with E-state index in [2.05, 4.69) is 10.1 Å². The summed E-state index contributed by atoms with van der Waals surface area (Å²) in [5.41, 5.74) is -0.323. The van der Waals surface area contributed by atoms with Crippen LogP contribution in [0.1, 0.15) is 32.4 Å². The number of aliphatic hydroxyl groups is 1. The molecule has 0 spiro atoms. The minimum Gasteiger partial charge on any atom is -0.444 e. The van der Waals surface area contributed by atoms with E-state index in [0.29, 0.717) is 5.56 Å². The molecule has 0 heterocycles. The largest absolute Gasteiger partial charge is 0.573 e. The average Bonchev–Trinajstić information content (AvgIpc) is 2.33. The zero-order chi connectivity index (χ0) is 17.0. The van der Waals surface area contributed by atoms with Gasteiger partial charge >= 0.3 is 12.5 Å². The monoisotopic (exact) mass is 321 g/mol. The Kier molecular flexibility index (Phi) is 5.65. The summed E-state index contributed by atoms with van der Waals surface area (Å²) >= 11 is 0. The number of alkyl halides is 3. The van der Waals surface area contributed by atoms with Crippen molar-refractivity contribution < 1.29 is 32.5 Å². The normalized spacial score (nSPS) is 13.4. The molecule has 1 amide bonds. The molecule has 0 radical (unpaired) electrons. The highest BCUT2D eigenvalue weighted by Gasteiger charge is 2.31. The minimum atomic E-state index is -4.77. The smallest absolute Gasteiger partial charge is 0.444 e. The fourth-order valence-corrected chi connectivity index (χ4v) is 1.50. The van der Waals surface area contributed by atoms with E-state index in [0.717, 1.165) is 12.1 Å². The molecule has 124 valence electrons. The highest BCUT2D eigenvalue weighted by atomic mass is 19.4. The Bertz CT molecular complexity index is 494. The van der Waals surface area contributed by atoms with Crippen LogP contribution in [0.4, 0.5) is 18.0 Å². The van der Waals surface area contributed by atoms with Crippen molar-refractivity contribution in [3.63, 3.8) is 0 Å². The van der Waals surface area contributed by atoms with Crippen molar-refractivity contribution in [1.82, 2.24) is 5.32 Å². The molecule has 0 saturated carbocycles. The lowest BCUT2D eigenvalue weighted by Crippen LogP contribution is -2.34. The summed E-state index contributed by atoms with van der Waals surface area (Å²) in [6.07, 6.45) is -6.53. The van der Waals surface area contributed by atoms with Crippen molar-refractivity contribution in [3.8, 4) is 5.75 Å². The second kappa shape index (κ2) is 6.87. The van der Waals surface area contributed by atoms with Crippen LogP contribution < -0.4 is 10.1 Å². The van der Waals surface area contributed by atoms with E-state index in [1.54, 1.807) is 20.8 Å². The van der Waals surface area contributed by atoms with E-state index in [1.165, 1.54) is 12.1 Å². The van der Waals surface area contributed by atoms with E-state index in [1.807, 2.05) is 0 Å². The molecular weight excluding hydrogens is 303 g/mol. The lowest BCUT2D eigenvalue weighted by molar-refractivity contribution is -0.274. The number of aliphatic hydroxyl groups excluding tert-OH is 1. The minimum absolute atomic E-state index is 0.131. The molecule has 0 unspecified atom stereocenters. The molecule has 0 aliphatic heterocycles. The first-order valence-electron chi connectivity index (χ1n) is 6.47. The number of ether oxygens (including phenoxy) is 2. The summed E-state index contributed by atoms with van der Waals surface area (Å²) in [6, 6.07) is 4.73. The van der Waals surface area contributed by atoms with Crippen LogP contribution in [-0.4, -0.2) is 29.7 Å². The molecule has 8 heteroatoms. The molecule has 0 bridgehead atoms. The van der Waals surface area contributed by atoms with Gasteiger partial charge in [0.2, 0.25) is 0 Å². The van der Waals surface area contributed by atoms with Crippen LogP contribution in [0.5, 0.6) is 5.75 Å². The van der Waals surface area contributed by atoms with E-state index in [4.69, 9.17) is 4.74 Å². The Balaban J connectivity index is 2.52. The number of hydrogen-bond donors (Lipinski definition) is 2. The van der Waals surface area contributed by atoms with E-state index >= 15 is 0 Å². The third kappa shape index (κ3) is 7.16. The van der Waals surface area contributed by atoms with E-state index in [-0.39, 0.29) is 12.3 Å². The molecular formula is C14H18F3NO4. The van der Waals surface area contributed by atoms with Crippen LogP contribution in [0.3, 0.4) is 0 Å². The highest BCUT2D eigenvalue weighted by Crippen LogP contribution is 2.24. The molecule has 22 heavy (non-hydrogen) atoms. The number of halogens is 3. The van der Waals surface area contributed by atoms with Crippen LogP contribution in [0.2, 0.25) is 0 Å². The predicted octanol–water partition coefficient (Wildman–Crippen LogP) is 3.14. The molecule has 0 aliphatic carbocycles. The van der Waals surface area contributed by atoms with Gasteiger partial charge in [0.15, 0.2) is 0 Å². The zero-order valence-corrected chi connectivity index (χ0v) is 12.4. The second-order valence-corrected chi connectivity index (χ2v) is 5.52. The summed E-state index contributed by atoms with van der Waals surface area (Å²) in [4.78, 5) is 11.4. The predicted molar refractivity (Wildman–Crippen MR) is 72.3 cm³/mol. The number of amides is 1. The number of hydrogen-bond acceptors (Lipinski definition) is 4. The van der Waals surface area contributed by atoms with Gasteiger partial charge in [0, 0.05) is 0 Å². The third-order valence-electron chi connectivity index (χ3n) is 2.34. The lowest BCUT2D eigenvalue weighted by Gasteiger charge is -2.20. The van der Waals surface area contributed by atoms with Crippen LogP contribution in [-0.2, 0) is 4.74 Å². The van der Waals surface area contributed by atoms with Gasteiger partial charge < -0.3 is 19.9 Å². The van der Waals surface area contributed by atoms with Crippen LogP contribution in [0.25, 0.3) is 0 Å². The van der Waals surface area contributed by atoms with Gasteiger partial charge in [-0.15, -0.1) is 13.2 Å². The van der Waals surface area contributed by atoms with Gasteiger partial charge in [-0.25, -0.2) is 4.79 Å². The first-order valence-corrected chi connectivity index (χ1v) is 6.47. The molecule has 1 aromatic carbocycles. The van der Waals surface area contributed by atoms with Crippen LogP contribution in [0, 0.1) is 0 Å². The van der Waals surface area contributed by atoms with Crippen molar-refractivity contribution in [2.24, 2.45) is 0 Å². The van der Waals surface area contributed by atoms with Gasteiger partial charge in [-0.05, 0) is 38.5 Å². The van der Waals surface area contributed by atoms with Crippen molar-refractivity contribution in [1.29, 1.82) is 0 Å². The van der Waals surface area contributed by atoms with Gasteiger partial charge in [0.05, 0.1) is 12.6 Å². The molecule has 0 fully saturated rings. The Morgan fingerprint density at radius 2 is 1.77 bits per heavy atom. The summed E-state index contributed by atoms with van der Waals surface area (Å²) in [5.74, 6) is -0.386. The third-order valence-corrected chi connectivity index (χ3v) is 2.34. The maximum atomic E-state index is 12.0. The summed E-state index contributed by atoms with van der Waals surface area (Å²) in [6.45, 7) is 4.96. The standard InChI is InChI=1S/C14H18F3NO4/c1-13(2,3)22-12(20)18-8-11(19)9-4-6-10(7-5-9)21-14(15,16)17/h4-7,11,19H,8H2,1-3H3,(H,18,20)/t11-/m0/s1. The Hall–Kier alpha value is -1.96. The average molecular weight is 321 g/mol. The van der Waals surface area contributed by atoms with Gasteiger partial charge in [-0.3, -0.25) is 0 Å². The van der Waals surface area contributed by atoms with Gasteiger partial charge in [-0.2, -0.15) is 0 Å². The second-order valence-electron chi connectivity index (χ2n) is 5.52. The first kappa shape index (κ1) is 18.1. The molecule has 1 rings (SSSR count). The number of benzene rings is 1. The van der Waals surface area contributed by atoms with Gasteiger partial charge in [0.25, 0.3) is 0 Å². The maximum absolute atomic E-state index is 12.0. The molecule has 1 atom stereocenters. The summed E-state index contributed by atoms with van der Waals surface area (Å²) in [5, 5.41) is 12.2. The first-order chi connectivity index (χ1) is 9.96. The molecule has 0 aliphatic rings.